The van der Waals surface area contributed by atoms with E-state index in [2.05, 4.69) is 55.8 Å². The van der Waals surface area contributed by atoms with Crippen molar-refractivity contribution in [2.75, 3.05) is 20.1 Å². The third-order valence-electron chi connectivity index (χ3n) is 3.84. The lowest BCUT2D eigenvalue weighted by molar-refractivity contribution is 0.0889. The van der Waals surface area contributed by atoms with Gasteiger partial charge in [-0.3, -0.25) is 4.79 Å². The first-order chi connectivity index (χ1) is 9.84. The highest BCUT2D eigenvalue weighted by molar-refractivity contribution is 14.1. The van der Waals surface area contributed by atoms with Crippen molar-refractivity contribution < 1.29 is 4.79 Å². The number of rotatable bonds is 3. The van der Waals surface area contributed by atoms with Gasteiger partial charge >= 0.3 is 0 Å². The Morgan fingerprint density at radius 3 is 2.67 bits per heavy atom. The fraction of sp³-hybridized carbons (Fsp3) is 0.429. The van der Waals surface area contributed by atoms with E-state index in [9.17, 15) is 4.79 Å². The van der Waals surface area contributed by atoms with Crippen molar-refractivity contribution >= 4 is 61.6 Å². The second kappa shape index (κ2) is 6.89. The zero-order valence-corrected chi connectivity index (χ0v) is 16.2. The molecule has 1 aliphatic rings. The van der Waals surface area contributed by atoms with Gasteiger partial charge in [0.05, 0.1) is 16.1 Å². The van der Waals surface area contributed by atoms with Gasteiger partial charge in [0, 0.05) is 21.1 Å². The maximum absolute atomic E-state index is 12.6. The number of halogens is 2. The Balaban J connectivity index is 2.23. The number of hydrogen-bond acceptors (Lipinski definition) is 3. The van der Waals surface area contributed by atoms with Gasteiger partial charge in [-0.1, -0.05) is 12.2 Å². The van der Waals surface area contributed by atoms with E-state index >= 15 is 0 Å². The van der Waals surface area contributed by atoms with Crippen LogP contribution in [-0.4, -0.2) is 41.5 Å². The van der Waals surface area contributed by atoms with E-state index in [1.165, 1.54) is 0 Å². The van der Waals surface area contributed by atoms with E-state index in [0.717, 1.165) is 34.0 Å². The summed E-state index contributed by atoms with van der Waals surface area (Å²) in [5.74, 6) is -0.141. The van der Waals surface area contributed by atoms with Crippen LogP contribution in [0.5, 0.6) is 0 Å². The lowest BCUT2D eigenvalue weighted by atomic mass is 9.87. The van der Waals surface area contributed by atoms with Crippen LogP contribution in [-0.2, 0) is 0 Å². The lowest BCUT2D eigenvalue weighted by Crippen LogP contribution is -2.61. The molecule has 7 heteroatoms. The Labute approximate surface area is 152 Å². The number of hydrogen-bond donors (Lipinski definition) is 2. The molecule has 1 saturated heterocycles. The molecule has 0 atom stereocenters. The maximum atomic E-state index is 12.6. The van der Waals surface area contributed by atoms with Gasteiger partial charge in [0.15, 0.2) is 0 Å². The average molecular weight is 482 g/mol. The molecule has 1 fully saturated rings. The first-order valence-corrected chi connectivity index (χ1v) is 8.88. The lowest BCUT2D eigenvalue weighted by Gasteiger charge is -2.40. The first kappa shape index (κ1) is 17.1. The summed E-state index contributed by atoms with van der Waals surface area (Å²) < 4.78 is 1.78. The molecule has 0 saturated carbocycles. The Morgan fingerprint density at radius 1 is 1.48 bits per heavy atom. The highest BCUT2D eigenvalue weighted by atomic mass is 127. The van der Waals surface area contributed by atoms with Crippen molar-refractivity contribution in [3.63, 3.8) is 0 Å². The van der Waals surface area contributed by atoms with Gasteiger partial charge in [0.25, 0.3) is 5.91 Å². The van der Waals surface area contributed by atoms with E-state index in [-0.39, 0.29) is 5.91 Å². The molecule has 1 aliphatic heterocycles. The number of nitrogens with two attached hydrogens (primary N) is 1. The average Bonchev–Trinajstić information content (AvgIpc) is 2.44. The van der Waals surface area contributed by atoms with Gasteiger partial charge in [-0.15, -0.1) is 0 Å². The molecule has 0 aromatic heterocycles. The van der Waals surface area contributed by atoms with E-state index < -0.39 is 5.54 Å². The minimum Gasteiger partial charge on any atom is -0.391 e. The minimum atomic E-state index is -0.584. The molecule has 4 nitrogen and oxygen atoms in total. The number of nitrogens with zero attached hydrogens (tertiary/aromatic N) is 1. The van der Waals surface area contributed by atoms with E-state index in [1.54, 1.807) is 0 Å². The van der Waals surface area contributed by atoms with Crippen molar-refractivity contribution in [2.24, 2.45) is 5.73 Å². The number of nitrogens with one attached hydrogen (secondary N) is 1. The molecule has 1 heterocycles. The summed E-state index contributed by atoms with van der Waals surface area (Å²) in [6.07, 6.45) is 1.48. The summed E-state index contributed by atoms with van der Waals surface area (Å²) in [5.41, 5.74) is 5.95. The maximum Gasteiger partial charge on any atom is 0.253 e. The summed E-state index contributed by atoms with van der Waals surface area (Å²) in [6.45, 7) is 1.73. The Kier molecular flexibility index (Phi) is 5.61. The monoisotopic (exact) mass is 481 g/mol. The van der Waals surface area contributed by atoms with Crippen molar-refractivity contribution in [2.45, 2.75) is 18.4 Å². The third kappa shape index (κ3) is 3.94. The molecule has 1 amide bonds. The van der Waals surface area contributed by atoms with Crippen LogP contribution in [0.4, 0.5) is 0 Å². The molecule has 1 aromatic rings. The molecule has 114 valence electrons. The number of carbonyl (C=O) groups excluding carboxylic acids is 1. The number of likely N-dealkylation sites (tertiary alicyclic amines) is 1. The van der Waals surface area contributed by atoms with Crippen LogP contribution >= 0.6 is 50.7 Å². The summed E-state index contributed by atoms with van der Waals surface area (Å²) in [5, 5.41) is 3.07. The highest BCUT2D eigenvalue weighted by Crippen LogP contribution is 2.25. The van der Waals surface area contributed by atoms with E-state index in [0.29, 0.717) is 10.6 Å². The zero-order chi connectivity index (χ0) is 15.6. The third-order valence-corrected chi connectivity index (χ3v) is 5.59. The molecule has 0 radical (unpaired) electrons. The highest BCUT2D eigenvalue weighted by Gasteiger charge is 2.38. The minimum absolute atomic E-state index is 0.141. The second-order valence-electron chi connectivity index (χ2n) is 5.33. The Hall–Kier alpha value is -0.250. The topological polar surface area (TPSA) is 58.4 Å². The summed E-state index contributed by atoms with van der Waals surface area (Å²) in [6, 6.07) is 5.67. The van der Waals surface area contributed by atoms with Crippen LogP contribution in [0, 0.1) is 3.57 Å². The predicted octanol–water partition coefficient (Wildman–Crippen LogP) is 2.53. The van der Waals surface area contributed by atoms with Crippen LogP contribution in [0.25, 0.3) is 0 Å². The number of piperidine rings is 1. The second-order valence-corrected chi connectivity index (χ2v) is 7.87. The van der Waals surface area contributed by atoms with Gasteiger partial charge in [0.1, 0.15) is 0 Å². The smallest absolute Gasteiger partial charge is 0.253 e. The van der Waals surface area contributed by atoms with Crippen LogP contribution in [0.2, 0.25) is 0 Å². The van der Waals surface area contributed by atoms with Crippen molar-refractivity contribution in [1.82, 2.24) is 10.2 Å². The fourth-order valence-electron chi connectivity index (χ4n) is 2.39. The van der Waals surface area contributed by atoms with Gasteiger partial charge in [0.2, 0.25) is 0 Å². The van der Waals surface area contributed by atoms with Gasteiger partial charge < -0.3 is 16.0 Å². The van der Waals surface area contributed by atoms with E-state index in [4.69, 9.17) is 18.0 Å². The summed E-state index contributed by atoms with van der Waals surface area (Å²) >= 11 is 10.8. The quantitative estimate of drug-likeness (QED) is 0.514. The number of benzene rings is 1. The number of carbonyl (C=O) groups is 1. The van der Waals surface area contributed by atoms with Gasteiger partial charge in [-0.05, 0) is 76.6 Å². The van der Waals surface area contributed by atoms with Crippen molar-refractivity contribution in [1.29, 1.82) is 0 Å². The molecule has 0 aliphatic carbocycles. The van der Waals surface area contributed by atoms with Gasteiger partial charge in [-0.25, -0.2) is 0 Å². The standard InChI is InChI=1S/C14H17BrIN3OS/c1-19-6-4-14(5-7-19,13(17)21)18-12(20)10-8-9(16)2-3-11(10)15/h2-3,8H,4-7H2,1H3,(H2,17,21)(H,18,20). The Bertz CT molecular complexity index is 573. The molecule has 3 N–H and O–H groups in total. The number of thiocarbonyl (C=S) groups is 1. The number of amides is 1. The Morgan fingerprint density at radius 2 is 2.10 bits per heavy atom. The summed E-state index contributed by atoms with van der Waals surface area (Å²) in [4.78, 5) is 15.2. The molecule has 0 spiro atoms. The molecule has 0 bridgehead atoms. The van der Waals surface area contributed by atoms with Crippen molar-refractivity contribution in [3.05, 3.63) is 31.8 Å². The first-order valence-electron chi connectivity index (χ1n) is 6.60. The molecule has 0 unspecified atom stereocenters. The predicted molar refractivity (Wildman–Crippen MR) is 101 cm³/mol. The normalized spacial score (nSPS) is 18.2. The zero-order valence-electron chi connectivity index (χ0n) is 11.7. The van der Waals surface area contributed by atoms with Crippen LogP contribution in [0.1, 0.15) is 23.2 Å². The van der Waals surface area contributed by atoms with E-state index in [1.807, 2.05) is 18.2 Å². The molecule has 1 aromatic carbocycles. The van der Waals surface area contributed by atoms with Gasteiger partial charge in [-0.2, -0.15) is 0 Å². The largest absolute Gasteiger partial charge is 0.391 e. The molecule has 2 rings (SSSR count). The molecule has 21 heavy (non-hydrogen) atoms. The van der Waals surface area contributed by atoms with Crippen LogP contribution < -0.4 is 11.1 Å². The molecular formula is C14H17BrIN3OS. The van der Waals surface area contributed by atoms with Crippen LogP contribution in [0.3, 0.4) is 0 Å². The fourth-order valence-corrected chi connectivity index (χ4v) is 3.56. The summed E-state index contributed by atoms with van der Waals surface area (Å²) in [7, 11) is 2.06. The van der Waals surface area contributed by atoms with Crippen LogP contribution in [0.15, 0.2) is 22.7 Å². The SMILES string of the molecule is CN1CCC(NC(=O)c2cc(I)ccc2Br)(C(N)=S)CC1. The molecular weight excluding hydrogens is 465 g/mol. The van der Waals surface area contributed by atoms with Crippen molar-refractivity contribution in [3.8, 4) is 0 Å².